The molecule has 1 saturated carbocycles. The minimum Gasteiger partial charge on any atom is -0.508 e. The zero-order valence-corrected chi connectivity index (χ0v) is 24.0. The quantitative estimate of drug-likeness (QED) is 0.306. The summed E-state index contributed by atoms with van der Waals surface area (Å²) in [5.74, 6) is -5.08. The molecule has 39 heavy (non-hydrogen) atoms. The Kier molecular flexibility index (Phi) is 5.95. The van der Waals surface area contributed by atoms with Gasteiger partial charge in [-0.15, -0.1) is 23.2 Å². The maximum Gasteiger partial charge on any atom is 0.253 e. The first-order valence-corrected chi connectivity index (χ1v) is 13.9. The number of imide groups is 2. The molecular formula is C28H23BrCl2N2O6. The van der Waals surface area contributed by atoms with Crippen molar-refractivity contribution >= 4 is 68.4 Å². The number of phenols is 1. The number of phenolic OH excluding ortho intramolecular Hbond substituents is 1. The zero-order chi connectivity index (χ0) is 28.0. The number of aromatic hydroxyl groups is 1. The van der Waals surface area contributed by atoms with Crippen molar-refractivity contribution in [3.63, 3.8) is 0 Å². The van der Waals surface area contributed by atoms with Gasteiger partial charge in [0.1, 0.15) is 11.5 Å². The molecule has 4 amide bonds. The number of fused-ring (bicyclic) bond motifs is 4. The van der Waals surface area contributed by atoms with Crippen molar-refractivity contribution in [3.05, 3.63) is 64.1 Å². The lowest BCUT2D eigenvalue weighted by Crippen LogP contribution is -2.60. The zero-order valence-electron chi connectivity index (χ0n) is 20.9. The van der Waals surface area contributed by atoms with Crippen molar-refractivity contribution in [2.24, 2.45) is 17.8 Å². The van der Waals surface area contributed by atoms with Gasteiger partial charge in [-0.25, -0.2) is 0 Å². The Morgan fingerprint density at radius 1 is 1.00 bits per heavy atom. The summed E-state index contributed by atoms with van der Waals surface area (Å²) < 4.78 is 6.17. The van der Waals surface area contributed by atoms with Crippen LogP contribution in [0.4, 0.5) is 5.69 Å². The van der Waals surface area contributed by atoms with Crippen LogP contribution in [0.1, 0.15) is 24.3 Å². The number of hydrogen-bond donors (Lipinski definition) is 1. The molecule has 2 aliphatic carbocycles. The molecule has 2 saturated heterocycles. The van der Waals surface area contributed by atoms with E-state index in [1.54, 1.807) is 36.4 Å². The number of carbonyl (C=O) groups excluding carboxylic acids is 4. The second-order valence-corrected chi connectivity index (χ2v) is 12.6. The van der Waals surface area contributed by atoms with Crippen LogP contribution >= 0.6 is 39.1 Å². The van der Waals surface area contributed by atoms with Crippen molar-refractivity contribution in [2.45, 2.75) is 28.5 Å². The topological polar surface area (TPSA) is 104 Å². The minimum atomic E-state index is -1.98. The van der Waals surface area contributed by atoms with Gasteiger partial charge in [0.05, 0.1) is 24.6 Å². The molecule has 6 unspecified atom stereocenters. The Morgan fingerprint density at radius 3 is 2.36 bits per heavy atom. The van der Waals surface area contributed by atoms with E-state index in [-0.39, 0.29) is 30.1 Å². The Balaban J connectivity index is 1.53. The third-order valence-corrected chi connectivity index (χ3v) is 10.6. The Morgan fingerprint density at radius 2 is 1.69 bits per heavy atom. The van der Waals surface area contributed by atoms with E-state index >= 15 is 0 Å². The molecule has 6 atom stereocenters. The average molecular weight is 634 g/mol. The smallest absolute Gasteiger partial charge is 0.253 e. The van der Waals surface area contributed by atoms with E-state index in [2.05, 4.69) is 15.9 Å². The van der Waals surface area contributed by atoms with E-state index in [1.165, 1.54) is 25.1 Å². The second-order valence-electron chi connectivity index (χ2n) is 10.4. The SMILES string of the molecule is COc1ccc(O)c(C2C3=CCC4C(=O)N(c5ccc(Br)cc5)C(=O)C4C3CC3(Cl)C(=O)N(C)C(=O)C23Cl)c1. The molecule has 2 heterocycles. The number of anilines is 1. The van der Waals surface area contributed by atoms with Gasteiger partial charge in [-0.05, 0) is 61.2 Å². The van der Waals surface area contributed by atoms with Gasteiger partial charge >= 0.3 is 0 Å². The van der Waals surface area contributed by atoms with Crippen LogP contribution in [0.2, 0.25) is 0 Å². The van der Waals surface area contributed by atoms with Crippen LogP contribution in [0, 0.1) is 17.8 Å². The fourth-order valence-corrected chi connectivity index (χ4v) is 8.10. The molecule has 2 aliphatic heterocycles. The molecular weight excluding hydrogens is 611 g/mol. The van der Waals surface area contributed by atoms with Crippen LogP contribution in [-0.2, 0) is 19.2 Å². The van der Waals surface area contributed by atoms with E-state index in [0.717, 1.165) is 9.37 Å². The van der Waals surface area contributed by atoms with E-state index in [4.69, 9.17) is 27.9 Å². The van der Waals surface area contributed by atoms with Gasteiger partial charge in [-0.1, -0.05) is 27.6 Å². The number of allylic oxidation sites excluding steroid dienone is 2. The summed E-state index contributed by atoms with van der Waals surface area (Å²) in [7, 11) is 2.78. The summed E-state index contributed by atoms with van der Waals surface area (Å²) in [4.78, 5) is 52.8. The molecule has 0 bridgehead atoms. The fraction of sp³-hybridized carbons (Fsp3) is 0.357. The summed E-state index contributed by atoms with van der Waals surface area (Å²) >= 11 is 17.6. The molecule has 11 heteroatoms. The number of rotatable bonds is 3. The summed E-state index contributed by atoms with van der Waals surface area (Å²) in [6.07, 6.45) is 1.94. The highest BCUT2D eigenvalue weighted by atomic mass is 79.9. The monoisotopic (exact) mass is 632 g/mol. The summed E-state index contributed by atoms with van der Waals surface area (Å²) in [6, 6.07) is 11.4. The molecule has 0 radical (unpaired) electrons. The number of likely N-dealkylation sites (tertiary alicyclic amines) is 1. The largest absolute Gasteiger partial charge is 0.508 e. The summed E-state index contributed by atoms with van der Waals surface area (Å²) in [5, 5.41) is 11.0. The molecule has 0 spiro atoms. The maximum atomic E-state index is 13.9. The number of amides is 4. The lowest BCUT2D eigenvalue weighted by Gasteiger charge is -2.50. The van der Waals surface area contributed by atoms with Crippen molar-refractivity contribution in [2.75, 3.05) is 19.1 Å². The van der Waals surface area contributed by atoms with Gasteiger partial charge in [-0.3, -0.25) is 29.0 Å². The molecule has 2 aromatic rings. The molecule has 6 rings (SSSR count). The number of benzene rings is 2. The van der Waals surface area contributed by atoms with Crippen LogP contribution in [-0.4, -0.2) is 57.5 Å². The minimum absolute atomic E-state index is 0.117. The average Bonchev–Trinajstić information content (AvgIpc) is 3.25. The lowest BCUT2D eigenvalue weighted by atomic mass is 9.56. The first kappa shape index (κ1) is 26.3. The summed E-state index contributed by atoms with van der Waals surface area (Å²) in [6.45, 7) is 0. The number of carbonyl (C=O) groups is 4. The second kappa shape index (κ2) is 8.81. The number of methoxy groups -OCH3 is 1. The van der Waals surface area contributed by atoms with Crippen LogP contribution in [0.5, 0.6) is 11.5 Å². The van der Waals surface area contributed by atoms with E-state index in [1.807, 2.05) is 6.08 Å². The number of ether oxygens (including phenoxy) is 1. The van der Waals surface area contributed by atoms with Gasteiger partial charge in [-0.2, -0.15) is 0 Å². The maximum absolute atomic E-state index is 13.9. The van der Waals surface area contributed by atoms with E-state index in [0.29, 0.717) is 17.0 Å². The van der Waals surface area contributed by atoms with Crippen LogP contribution in [0.25, 0.3) is 0 Å². The van der Waals surface area contributed by atoms with Gasteiger partial charge in [0.25, 0.3) is 11.8 Å². The number of halogens is 3. The molecule has 0 aromatic heterocycles. The predicted octanol–water partition coefficient (Wildman–Crippen LogP) is 4.36. The van der Waals surface area contributed by atoms with Crippen molar-refractivity contribution in [1.82, 2.24) is 4.90 Å². The van der Waals surface area contributed by atoms with Gasteiger partial charge in [0, 0.05) is 23.0 Å². The highest BCUT2D eigenvalue weighted by molar-refractivity contribution is 9.10. The van der Waals surface area contributed by atoms with Crippen LogP contribution in [0.15, 0.2) is 58.6 Å². The van der Waals surface area contributed by atoms with E-state index < -0.39 is 51.1 Å². The number of nitrogens with zero attached hydrogens (tertiary/aromatic N) is 2. The van der Waals surface area contributed by atoms with Gasteiger partial charge < -0.3 is 9.84 Å². The first-order chi connectivity index (χ1) is 18.5. The number of alkyl halides is 2. The first-order valence-electron chi connectivity index (χ1n) is 12.4. The van der Waals surface area contributed by atoms with Crippen molar-refractivity contribution < 1.29 is 29.0 Å². The Labute approximate surface area is 242 Å². The third-order valence-electron chi connectivity index (χ3n) is 8.64. The highest BCUT2D eigenvalue weighted by Gasteiger charge is 2.76. The van der Waals surface area contributed by atoms with Crippen LogP contribution in [0.3, 0.4) is 0 Å². The molecule has 4 aliphatic rings. The molecule has 3 fully saturated rings. The third kappa shape index (κ3) is 3.36. The summed E-state index contributed by atoms with van der Waals surface area (Å²) in [5.41, 5.74) is 1.30. The molecule has 2 aromatic carbocycles. The molecule has 202 valence electrons. The molecule has 1 N–H and O–H groups in total. The fourth-order valence-electron chi connectivity index (χ4n) is 6.82. The predicted molar refractivity (Wildman–Crippen MR) is 147 cm³/mol. The highest BCUT2D eigenvalue weighted by Crippen LogP contribution is 2.66. The van der Waals surface area contributed by atoms with E-state index in [9.17, 15) is 24.3 Å². The lowest BCUT2D eigenvalue weighted by molar-refractivity contribution is -0.138. The van der Waals surface area contributed by atoms with Crippen molar-refractivity contribution in [1.29, 1.82) is 0 Å². The van der Waals surface area contributed by atoms with Crippen LogP contribution < -0.4 is 9.64 Å². The van der Waals surface area contributed by atoms with Gasteiger partial charge in [0.2, 0.25) is 11.8 Å². The Hall–Kier alpha value is -2.88. The number of hydrogen-bond acceptors (Lipinski definition) is 6. The standard InChI is InChI=1S/C28H23BrCl2N2O6/c1-32-25(37)27(30)12-19-16(22(28(27,31)26(32)38)18-11-15(39-2)7-10-20(18)34)8-9-17-21(19)24(36)33(23(17)35)14-5-3-13(29)4-6-14/h3-8,10-11,17,19,21-22,34H,9,12H2,1-2H3. The van der Waals surface area contributed by atoms with Gasteiger partial charge in [0.15, 0.2) is 9.75 Å². The normalized spacial score (nSPS) is 33.6. The van der Waals surface area contributed by atoms with Crippen molar-refractivity contribution in [3.8, 4) is 11.5 Å². The molecule has 8 nitrogen and oxygen atoms in total. The Bertz CT molecular complexity index is 1500.